The average Bonchev–Trinajstić information content (AvgIpc) is 2.30. The van der Waals surface area contributed by atoms with Crippen LogP contribution in [-0.4, -0.2) is 18.0 Å². The van der Waals surface area contributed by atoms with E-state index in [4.69, 9.17) is 0 Å². The number of benzene rings is 1. The van der Waals surface area contributed by atoms with Gasteiger partial charge >= 0.3 is 0 Å². The molecule has 0 saturated carbocycles. The van der Waals surface area contributed by atoms with Crippen molar-refractivity contribution in [2.24, 2.45) is 0 Å². The van der Waals surface area contributed by atoms with Crippen molar-refractivity contribution in [3.63, 3.8) is 0 Å². The molecule has 82 valence electrons. The lowest BCUT2D eigenvalue weighted by Crippen LogP contribution is -2.26. The molecule has 1 nitrogen and oxygen atoms in total. The van der Waals surface area contributed by atoms with E-state index in [1.807, 2.05) is 6.08 Å². The van der Waals surface area contributed by atoms with Gasteiger partial charge in [0.25, 0.3) is 0 Å². The van der Waals surface area contributed by atoms with Crippen LogP contribution in [0.15, 0.2) is 30.8 Å². The molecular formula is C14H21N. The SMILES string of the molecule is C=Cc1ccc(C(C)N(CC)CC)cc1. The van der Waals surface area contributed by atoms with Crippen molar-refractivity contribution in [2.45, 2.75) is 26.8 Å². The maximum atomic E-state index is 3.76. The molecule has 1 atom stereocenters. The molecule has 0 aliphatic heterocycles. The molecule has 0 spiro atoms. The van der Waals surface area contributed by atoms with Crippen LogP contribution >= 0.6 is 0 Å². The minimum absolute atomic E-state index is 0.499. The lowest BCUT2D eigenvalue weighted by Gasteiger charge is -2.26. The third kappa shape index (κ3) is 2.93. The van der Waals surface area contributed by atoms with E-state index in [9.17, 15) is 0 Å². The molecule has 0 aromatic heterocycles. The van der Waals surface area contributed by atoms with Crippen molar-refractivity contribution >= 4 is 6.08 Å². The highest BCUT2D eigenvalue weighted by atomic mass is 15.1. The lowest BCUT2D eigenvalue weighted by molar-refractivity contribution is 0.234. The smallest absolute Gasteiger partial charge is 0.0319 e. The second-order valence-corrected chi connectivity index (χ2v) is 3.77. The van der Waals surface area contributed by atoms with E-state index >= 15 is 0 Å². The monoisotopic (exact) mass is 203 g/mol. The van der Waals surface area contributed by atoms with E-state index in [1.165, 1.54) is 11.1 Å². The fraction of sp³-hybridized carbons (Fsp3) is 0.429. The Kier molecular flexibility index (Phi) is 4.57. The van der Waals surface area contributed by atoms with Crippen molar-refractivity contribution in [1.29, 1.82) is 0 Å². The summed E-state index contributed by atoms with van der Waals surface area (Å²) in [5.41, 5.74) is 2.56. The second-order valence-electron chi connectivity index (χ2n) is 3.77. The van der Waals surface area contributed by atoms with Gasteiger partial charge in [-0.05, 0) is 31.1 Å². The quantitative estimate of drug-likeness (QED) is 0.704. The van der Waals surface area contributed by atoms with Gasteiger partial charge in [0.05, 0.1) is 0 Å². The molecule has 0 saturated heterocycles. The molecule has 0 radical (unpaired) electrons. The van der Waals surface area contributed by atoms with Gasteiger partial charge in [-0.25, -0.2) is 0 Å². The zero-order valence-electron chi connectivity index (χ0n) is 10.0. The van der Waals surface area contributed by atoms with Crippen LogP contribution in [0.3, 0.4) is 0 Å². The van der Waals surface area contributed by atoms with Gasteiger partial charge in [-0.15, -0.1) is 0 Å². The first-order valence-electron chi connectivity index (χ1n) is 5.69. The fourth-order valence-electron chi connectivity index (χ4n) is 1.89. The Labute approximate surface area is 93.4 Å². The third-order valence-electron chi connectivity index (χ3n) is 3.01. The van der Waals surface area contributed by atoms with Gasteiger partial charge in [-0.2, -0.15) is 0 Å². The summed E-state index contributed by atoms with van der Waals surface area (Å²) in [4.78, 5) is 2.45. The summed E-state index contributed by atoms with van der Waals surface area (Å²) < 4.78 is 0. The van der Waals surface area contributed by atoms with Gasteiger partial charge in [0.2, 0.25) is 0 Å². The van der Waals surface area contributed by atoms with Crippen LogP contribution in [0.1, 0.15) is 37.9 Å². The maximum absolute atomic E-state index is 3.76. The molecule has 0 heterocycles. The fourth-order valence-corrected chi connectivity index (χ4v) is 1.89. The number of nitrogens with zero attached hydrogens (tertiary/aromatic N) is 1. The van der Waals surface area contributed by atoms with Crippen LogP contribution in [-0.2, 0) is 0 Å². The van der Waals surface area contributed by atoms with E-state index in [2.05, 4.69) is 56.5 Å². The Morgan fingerprint density at radius 2 is 1.73 bits per heavy atom. The number of rotatable bonds is 5. The zero-order chi connectivity index (χ0) is 11.3. The van der Waals surface area contributed by atoms with Crippen LogP contribution < -0.4 is 0 Å². The normalized spacial score (nSPS) is 12.8. The van der Waals surface area contributed by atoms with E-state index in [0.717, 1.165) is 13.1 Å². The Morgan fingerprint density at radius 1 is 1.20 bits per heavy atom. The molecule has 0 aliphatic rings. The van der Waals surface area contributed by atoms with Gasteiger partial charge < -0.3 is 0 Å². The minimum Gasteiger partial charge on any atom is -0.297 e. The van der Waals surface area contributed by atoms with Crippen LogP contribution in [0.5, 0.6) is 0 Å². The molecule has 0 amide bonds. The van der Waals surface area contributed by atoms with Crippen LogP contribution in [0.25, 0.3) is 6.08 Å². The third-order valence-corrected chi connectivity index (χ3v) is 3.01. The lowest BCUT2D eigenvalue weighted by atomic mass is 10.0. The molecule has 1 heteroatoms. The first-order chi connectivity index (χ1) is 7.22. The Hall–Kier alpha value is -1.08. The molecule has 0 aliphatic carbocycles. The molecule has 0 N–H and O–H groups in total. The summed E-state index contributed by atoms with van der Waals surface area (Å²) in [7, 11) is 0. The van der Waals surface area contributed by atoms with E-state index in [0.29, 0.717) is 6.04 Å². The molecule has 0 bridgehead atoms. The highest BCUT2D eigenvalue weighted by molar-refractivity contribution is 5.47. The molecule has 15 heavy (non-hydrogen) atoms. The maximum Gasteiger partial charge on any atom is 0.0319 e. The average molecular weight is 203 g/mol. The topological polar surface area (TPSA) is 3.24 Å². The summed E-state index contributed by atoms with van der Waals surface area (Å²) in [5, 5.41) is 0. The number of hydrogen-bond donors (Lipinski definition) is 0. The molecular weight excluding hydrogens is 182 g/mol. The largest absolute Gasteiger partial charge is 0.297 e. The summed E-state index contributed by atoms with van der Waals surface area (Å²) in [6.07, 6.45) is 1.88. The number of hydrogen-bond acceptors (Lipinski definition) is 1. The standard InChI is InChI=1S/C14H21N/c1-5-13-8-10-14(11-9-13)12(4)15(6-2)7-3/h5,8-12H,1,6-7H2,2-4H3. The van der Waals surface area contributed by atoms with E-state index in [-0.39, 0.29) is 0 Å². The highest BCUT2D eigenvalue weighted by Gasteiger charge is 2.11. The van der Waals surface area contributed by atoms with Crippen molar-refractivity contribution < 1.29 is 0 Å². The highest BCUT2D eigenvalue weighted by Crippen LogP contribution is 2.20. The second kappa shape index (κ2) is 5.72. The molecule has 1 rings (SSSR count). The summed E-state index contributed by atoms with van der Waals surface area (Å²) in [6, 6.07) is 9.14. The summed E-state index contributed by atoms with van der Waals surface area (Å²) in [6.45, 7) is 12.6. The van der Waals surface area contributed by atoms with Gasteiger partial charge in [-0.1, -0.05) is 50.8 Å². The van der Waals surface area contributed by atoms with Crippen LogP contribution in [0.4, 0.5) is 0 Å². The molecule has 0 fully saturated rings. The minimum atomic E-state index is 0.499. The van der Waals surface area contributed by atoms with E-state index < -0.39 is 0 Å². The van der Waals surface area contributed by atoms with Gasteiger partial charge in [0, 0.05) is 6.04 Å². The van der Waals surface area contributed by atoms with Gasteiger partial charge in [0.15, 0.2) is 0 Å². The Morgan fingerprint density at radius 3 is 2.13 bits per heavy atom. The Bertz CT molecular complexity index is 296. The molecule has 1 unspecified atom stereocenters. The zero-order valence-corrected chi connectivity index (χ0v) is 10.0. The Balaban J connectivity index is 2.81. The van der Waals surface area contributed by atoms with Crippen LogP contribution in [0, 0.1) is 0 Å². The predicted octanol–water partition coefficient (Wildman–Crippen LogP) is 3.73. The predicted molar refractivity (Wildman–Crippen MR) is 67.9 cm³/mol. The summed E-state index contributed by atoms with van der Waals surface area (Å²) >= 11 is 0. The molecule has 1 aromatic carbocycles. The first-order valence-corrected chi connectivity index (χ1v) is 5.69. The van der Waals surface area contributed by atoms with Gasteiger partial charge in [-0.3, -0.25) is 4.90 Å². The van der Waals surface area contributed by atoms with Crippen molar-refractivity contribution in [1.82, 2.24) is 4.90 Å². The van der Waals surface area contributed by atoms with Crippen LogP contribution in [0.2, 0.25) is 0 Å². The summed E-state index contributed by atoms with van der Waals surface area (Å²) in [5.74, 6) is 0. The van der Waals surface area contributed by atoms with Crippen molar-refractivity contribution in [3.05, 3.63) is 42.0 Å². The van der Waals surface area contributed by atoms with Gasteiger partial charge in [0.1, 0.15) is 0 Å². The van der Waals surface area contributed by atoms with Crippen molar-refractivity contribution in [3.8, 4) is 0 Å². The first kappa shape index (κ1) is 12.0. The molecule has 1 aromatic rings. The van der Waals surface area contributed by atoms with Crippen molar-refractivity contribution in [2.75, 3.05) is 13.1 Å². The van der Waals surface area contributed by atoms with E-state index in [1.54, 1.807) is 0 Å².